The number of thioether (sulfide) groups is 1. The minimum absolute atomic E-state index is 0.904. The van der Waals surface area contributed by atoms with E-state index in [1.807, 2.05) is 23.0 Å². The number of rotatable bonds is 4. The molecule has 2 rings (SSSR count). The SMILES string of the molecule is CSc1ccccc1-n1cc(CCBr)nn1. The van der Waals surface area contributed by atoms with Crippen LogP contribution in [0.1, 0.15) is 5.69 Å². The number of halogens is 1. The maximum Gasteiger partial charge on any atom is 0.0840 e. The van der Waals surface area contributed by atoms with Gasteiger partial charge in [-0.1, -0.05) is 33.3 Å². The summed E-state index contributed by atoms with van der Waals surface area (Å²) in [4.78, 5) is 1.21. The lowest BCUT2D eigenvalue weighted by Gasteiger charge is -2.05. The summed E-state index contributed by atoms with van der Waals surface area (Å²) in [6.07, 6.45) is 4.95. The molecule has 84 valence electrons. The summed E-state index contributed by atoms with van der Waals surface area (Å²) >= 11 is 5.11. The summed E-state index contributed by atoms with van der Waals surface area (Å²) < 4.78 is 1.84. The van der Waals surface area contributed by atoms with Gasteiger partial charge in [0.05, 0.1) is 17.6 Å². The Hall–Kier alpha value is -0.810. The lowest BCUT2D eigenvalue weighted by molar-refractivity contribution is 0.787. The number of benzene rings is 1. The third-order valence-electron chi connectivity index (χ3n) is 2.22. The molecule has 3 nitrogen and oxygen atoms in total. The first-order valence-corrected chi connectivity index (χ1v) is 7.30. The van der Waals surface area contributed by atoms with E-state index < -0.39 is 0 Å². The van der Waals surface area contributed by atoms with Crippen LogP contribution in [0.3, 0.4) is 0 Å². The summed E-state index contributed by atoms with van der Waals surface area (Å²) in [6.45, 7) is 0. The molecule has 0 fully saturated rings. The van der Waals surface area contributed by atoms with Crippen molar-refractivity contribution in [2.24, 2.45) is 0 Å². The minimum atomic E-state index is 0.904. The molecule has 0 aliphatic carbocycles. The Balaban J connectivity index is 2.34. The number of alkyl halides is 1. The molecule has 0 bridgehead atoms. The topological polar surface area (TPSA) is 30.7 Å². The number of para-hydroxylation sites is 1. The van der Waals surface area contributed by atoms with Crippen LogP contribution in [0.5, 0.6) is 0 Å². The van der Waals surface area contributed by atoms with E-state index in [2.05, 4.69) is 44.6 Å². The molecule has 0 radical (unpaired) electrons. The van der Waals surface area contributed by atoms with Gasteiger partial charge < -0.3 is 0 Å². The van der Waals surface area contributed by atoms with Gasteiger partial charge >= 0.3 is 0 Å². The molecule has 0 unspecified atom stereocenters. The maximum atomic E-state index is 4.15. The molecule has 2 aromatic rings. The van der Waals surface area contributed by atoms with E-state index in [4.69, 9.17) is 0 Å². The second-order valence-corrected chi connectivity index (χ2v) is 4.91. The van der Waals surface area contributed by atoms with Crippen LogP contribution in [-0.2, 0) is 6.42 Å². The monoisotopic (exact) mass is 297 g/mol. The van der Waals surface area contributed by atoms with Gasteiger partial charge in [0, 0.05) is 16.6 Å². The summed E-state index contributed by atoms with van der Waals surface area (Å²) in [5.41, 5.74) is 2.09. The van der Waals surface area contributed by atoms with Crippen LogP contribution >= 0.6 is 27.7 Å². The molecule has 0 saturated heterocycles. The highest BCUT2D eigenvalue weighted by Gasteiger charge is 2.05. The van der Waals surface area contributed by atoms with Gasteiger partial charge in [-0.25, -0.2) is 4.68 Å². The van der Waals surface area contributed by atoms with Gasteiger partial charge in [0.1, 0.15) is 0 Å². The van der Waals surface area contributed by atoms with Gasteiger partial charge in [-0.05, 0) is 18.4 Å². The highest BCUT2D eigenvalue weighted by molar-refractivity contribution is 9.09. The van der Waals surface area contributed by atoms with E-state index in [1.165, 1.54) is 4.90 Å². The number of aromatic nitrogens is 3. The van der Waals surface area contributed by atoms with E-state index in [-0.39, 0.29) is 0 Å². The fourth-order valence-electron chi connectivity index (χ4n) is 1.45. The van der Waals surface area contributed by atoms with Crippen LogP contribution in [0, 0.1) is 0 Å². The highest BCUT2D eigenvalue weighted by Crippen LogP contribution is 2.22. The molecule has 0 aliphatic heterocycles. The molecule has 0 amide bonds. The van der Waals surface area contributed by atoms with Crippen molar-refractivity contribution in [3.8, 4) is 5.69 Å². The first-order valence-electron chi connectivity index (χ1n) is 4.95. The molecule has 1 aromatic carbocycles. The van der Waals surface area contributed by atoms with Gasteiger partial charge in [0.2, 0.25) is 0 Å². The summed E-state index contributed by atoms with van der Waals surface area (Å²) in [5, 5.41) is 9.19. The van der Waals surface area contributed by atoms with Crippen LogP contribution in [-0.4, -0.2) is 26.6 Å². The standard InChI is InChI=1S/C11H12BrN3S/c1-16-11-5-3-2-4-10(11)15-8-9(6-7-12)13-14-15/h2-5,8H,6-7H2,1H3. The van der Waals surface area contributed by atoms with Crippen molar-refractivity contribution in [3.63, 3.8) is 0 Å². The van der Waals surface area contributed by atoms with Crippen molar-refractivity contribution in [1.82, 2.24) is 15.0 Å². The van der Waals surface area contributed by atoms with E-state index in [0.717, 1.165) is 23.1 Å². The summed E-state index contributed by atoms with van der Waals surface area (Å²) in [7, 11) is 0. The van der Waals surface area contributed by atoms with E-state index in [9.17, 15) is 0 Å². The van der Waals surface area contributed by atoms with Crippen LogP contribution < -0.4 is 0 Å². The Morgan fingerprint density at radius 1 is 1.38 bits per heavy atom. The molecule has 1 heterocycles. The zero-order valence-electron chi connectivity index (χ0n) is 8.93. The third-order valence-corrected chi connectivity index (χ3v) is 3.41. The van der Waals surface area contributed by atoms with Crippen molar-refractivity contribution < 1.29 is 0 Å². The van der Waals surface area contributed by atoms with Crippen molar-refractivity contribution in [2.45, 2.75) is 11.3 Å². The normalized spacial score (nSPS) is 10.6. The first kappa shape index (κ1) is 11.7. The van der Waals surface area contributed by atoms with Gasteiger partial charge in [0.15, 0.2) is 0 Å². The summed E-state index contributed by atoms with van der Waals surface area (Å²) in [6, 6.07) is 8.19. The lowest BCUT2D eigenvalue weighted by atomic mass is 10.3. The Bertz CT molecular complexity index is 470. The second kappa shape index (κ2) is 5.50. The van der Waals surface area contributed by atoms with Crippen LogP contribution in [0.2, 0.25) is 0 Å². The quantitative estimate of drug-likeness (QED) is 0.642. The zero-order valence-corrected chi connectivity index (χ0v) is 11.3. The third kappa shape index (κ3) is 2.47. The molecule has 0 aliphatic rings. The zero-order chi connectivity index (χ0) is 11.4. The fourth-order valence-corrected chi connectivity index (χ4v) is 2.44. The first-order chi connectivity index (χ1) is 7.85. The van der Waals surface area contributed by atoms with Gasteiger partial charge in [-0.3, -0.25) is 0 Å². The van der Waals surface area contributed by atoms with Crippen molar-refractivity contribution >= 4 is 27.7 Å². The number of hydrogen-bond donors (Lipinski definition) is 0. The molecule has 0 spiro atoms. The number of hydrogen-bond acceptors (Lipinski definition) is 3. The minimum Gasteiger partial charge on any atom is -0.219 e. The molecule has 0 atom stereocenters. The average Bonchev–Trinajstić information content (AvgIpc) is 2.78. The highest BCUT2D eigenvalue weighted by atomic mass is 79.9. The van der Waals surface area contributed by atoms with E-state index >= 15 is 0 Å². The van der Waals surface area contributed by atoms with E-state index in [1.54, 1.807) is 11.8 Å². The lowest BCUT2D eigenvalue weighted by Crippen LogP contribution is -1.96. The second-order valence-electron chi connectivity index (χ2n) is 3.27. The number of aryl methyl sites for hydroxylation is 1. The van der Waals surface area contributed by atoms with Crippen molar-refractivity contribution in [2.75, 3.05) is 11.6 Å². The molecular weight excluding hydrogens is 286 g/mol. The molecule has 16 heavy (non-hydrogen) atoms. The Morgan fingerprint density at radius 3 is 2.94 bits per heavy atom. The van der Waals surface area contributed by atoms with Gasteiger partial charge in [0.25, 0.3) is 0 Å². The predicted octanol–water partition coefficient (Wildman–Crippen LogP) is 2.93. The van der Waals surface area contributed by atoms with Crippen molar-refractivity contribution in [3.05, 3.63) is 36.2 Å². The van der Waals surface area contributed by atoms with E-state index in [0.29, 0.717) is 0 Å². The Morgan fingerprint density at radius 2 is 2.19 bits per heavy atom. The van der Waals surface area contributed by atoms with Gasteiger partial charge in [-0.15, -0.1) is 16.9 Å². The van der Waals surface area contributed by atoms with Crippen LogP contribution in [0.15, 0.2) is 35.4 Å². The van der Waals surface area contributed by atoms with Gasteiger partial charge in [-0.2, -0.15) is 0 Å². The average molecular weight is 298 g/mol. The van der Waals surface area contributed by atoms with Crippen LogP contribution in [0.4, 0.5) is 0 Å². The predicted molar refractivity (Wildman–Crippen MR) is 70.6 cm³/mol. The van der Waals surface area contributed by atoms with Crippen LogP contribution in [0.25, 0.3) is 5.69 Å². The molecular formula is C11H12BrN3S. The molecule has 0 saturated carbocycles. The Labute approximate surface area is 107 Å². The summed E-state index contributed by atoms with van der Waals surface area (Å²) in [5.74, 6) is 0. The Kier molecular flexibility index (Phi) is 4.01. The molecule has 5 heteroatoms. The molecule has 1 aromatic heterocycles. The maximum absolute atomic E-state index is 4.15. The largest absolute Gasteiger partial charge is 0.219 e. The number of nitrogens with zero attached hydrogens (tertiary/aromatic N) is 3. The van der Waals surface area contributed by atoms with Crippen molar-refractivity contribution in [1.29, 1.82) is 0 Å². The fraction of sp³-hybridized carbons (Fsp3) is 0.273. The molecule has 0 N–H and O–H groups in total. The smallest absolute Gasteiger partial charge is 0.0840 e.